The van der Waals surface area contributed by atoms with Crippen LogP contribution < -0.4 is 4.90 Å². The lowest BCUT2D eigenvalue weighted by molar-refractivity contribution is 0.671. The fourth-order valence-corrected chi connectivity index (χ4v) is 2.64. The van der Waals surface area contributed by atoms with Gasteiger partial charge in [0.05, 0.1) is 0 Å². The number of hydrogen-bond donors (Lipinski definition) is 0. The van der Waals surface area contributed by atoms with Crippen LogP contribution in [0.15, 0.2) is 6.07 Å². The van der Waals surface area contributed by atoms with Crippen molar-refractivity contribution in [3.8, 4) is 6.07 Å². The molecule has 1 saturated heterocycles. The van der Waals surface area contributed by atoms with E-state index in [1.807, 2.05) is 17.9 Å². The van der Waals surface area contributed by atoms with E-state index >= 15 is 0 Å². The summed E-state index contributed by atoms with van der Waals surface area (Å²) in [4.78, 5) is 10.4. The summed E-state index contributed by atoms with van der Waals surface area (Å²) >= 11 is 0. The van der Waals surface area contributed by atoms with E-state index < -0.39 is 10.8 Å². The van der Waals surface area contributed by atoms with Gasteiger partial charge in [0.1, 0.15) is 11.8 Å². The summed E-state index contributed by atoms with van der Waals surface area (Å²) in [5.74, 6) is 1.88. The first kappa shape index (κ1) is 11.0. The van der Waals surface area contributed by atoms with Gasteiger partial charge in [0.25, 0.3) is 0 Å². The Morgan fingerprint density at radius 3 is 2.75 bits per heavy atom. The van der Waals surface area contributed by atoms with Crippen molar-refractivity contribution in [3.05, 3.63) is 17.5 Å². The number of nitrogens with zero attached hydrogens (tertiary/aromatic N) is 4. The van der Waals surface area contributed by atoms with Gasteiger partial charge in [-0.15, -0.1) is 0 Å². The quantitative estimate of drug-likeness (QED) is 0.698. The van der Waals surface area contributed by atoms with Crippen molar-refractivity contribution in [2.75, 3.05) is 29.5 Å². The molecule has 0 saturated carbocycles. The van der Waals surface area contributed by atoms with E-state index in [-0.39, 0.29) is 0 Å². The highest BCUT2D eigenvalue weighted by atomic mass is 32.2. The lowest BCUT2D eigenvalue weighted by Crippen LogP contribution is -2.38. The molecule has 1 fully saturated rings. The van der Waals surface area contributed by atoms with Crippen LogP contribution in [0.25, 0.3) is 0 Å². The third-order valence-electron chi connectivity index (χ3n) is 2.42. The van der Waals surface area contributed by atoms with E-state index in [9.17, 15) is 4.21 Å². The normalized spacial score (nSPS) is 17.1. The Morgan fingerprint density at radius 2 is 2.12 bits per heavy atom. The Hall–Kier alpha value is -1.48. The minimum Gasteiger partial charge on any atom is -0.339 e. The molecule has 2 heterocycles. The van der Waals surface area contributed by atoms with E-state index in [0.29, 0.717) is 36.2 Å². The lowest BCUT2D eigenvalue weighted by Gasteiger charge is -2.26. The van der Waals surface area contributed by atoms with Crippen molar-refractivity contribution in [1.82, 2.24) is 9.97 Å². The standard InChI is InChI=1S/C10H12N4OS/c1-8-6-9(7-11)13-10(12-8)14-2-4-16(15)5-3-14/h6H,2-5H2,1H3. The average Bonchev–Trinajstić information content (AvgIpc) is 2.29. The molecule has 0 aliphatic carbocycles. The Balaban J connectivity index is 2.24. The van der Waals surface area contributed by atoms with Crippen molar-refractivity contribution in [2.24, 2.45) is 0 Å². The van der Waals surface area contributed by atoms with Gasteiger partial charge in [0.2, 0.25) is 5.95 Å². The molecule has 0 N–H and O–H groups in total. The minimum absolute atomic E-state index is 0.384. The molecule has 0 unspecified atom stereocenters. The number of aromatic nitrogens is 2. The van der Waals surface area contributed by atoms with Crippen LogP contribution in [0.5, 0.6) is 0 Å². The predicted molar refractivity (Wildman–Crippen MR) is 61.6 cm³/mol. The molecule has 0 atom stereocenters. The molecule has 1 aliphatic rings. The van der Waals surface area contributed by atoms with E-state index in [2.05, 4.69) is 9.97 Å². The van der Waals surface area contributed by atoms with Crippen molar-refractivity contribution in [3.63, 3.8) is 0 Å². The highest BCUT2D eigenvalue weighted by Gasteiger charge is 2.18. The Labute approximate surface area is 96.6 Å². The maximum atomic E-state index is 11.2. The summed E-state index contributed by atoms with van der Waals surface area (Å²) in [5.41, 5.74) is 1.17. The summed E-state index contributed by atoms with van der Waals surface area (Å²) < 4.78 is 11.2. The van der Waals surface area contributed by atoms with Crippen LogP contribution in [0.3, 0.4) is 0 Å². The molecule has 0 bridgehead atoms. The molecule has 0 aromatic carbocycles. The summed E-state index contributed by atoms with van der Waals surface area (Å²) in [5, 5.41) is 8.82. The third kappa shape index (κ3) is 2.36. The van der Waals surface area contributed by atoms with E-state index in [0.717, 1.165) is 5.69 Å². The molecule has 16 heavy (non-hydrogen) atoms. The van der Waals surface area contributed by atoms with Gasteiger partial charge in [-0.1, -0.05) is 0 Å². The molecule has 1 aliphatic heterocycles. The summed E-state index contributed by atoms with van der Waals surface area (Å²) in [7, 11) is -0.709. The predicted octanol–water partition coefficient (Wildman–Crippen LogP) is 0.225. The molecule has 6 heteroatoms. The van der Waals surface area contributed by atoms with Crippen molar-refractivity contribution in [1.29, 1.82) is 5.26 Å². The fourth-order valence-electron chi connectivity index (χ4n) is 1.59. The minimum atomic E-state index is -0.709. The lowest BCUT2D eigenvalue weighted by atomic mass is 10.3. The topological polar surface area (TPSA) is 69.9 Å². The molecule has 1 aromatic heterocycles. The van der Waals surface area contributed by atoms with E-state index in [1.54, 1.807) is 6.07 Å². The molecule has 0 spiro atoms. The summed E-state index contributed by atoms with van der Waals surface area (Å²) in [6.45, 7) is 3.23. The molecule has 0 amide bonds. The van der Waals surface area contributed by atoms with Crippen LogP contribution in [0.1, 0.15) is 11.4 Å². The van der Waals surface area contributed by atoms with Crippen molar-refractivity contribution in [2.45, 2.75) is 6.92 Å². The number of aryl methyl sites for hydroxylation is 1. The molecule has 2 rings (SSSR count). The Kier molecular flexibility index (Phi) is 3.15. The van der Waals surface area contributed by atoms with E-state index in [1.165, 1.54) is 0 Å². The molecule has 84 valence electrons. The number of rotatable bonds is 1. The summed E-state index contributed by atoms with van der Waals surface area (Å²) in [6, 6.07) is 3.68. The van der Waals surface area contributed by atoms with Crippen LogP contribution in [0.4, 0.5) is 5.95 Å². The van der Waals surface area contributed by atoms with Gasteiger partial charge in [-0.05, 0) is 13.0 Å². The van der Waals surface area contributed by atoms with E-state index in [4.69, 9.17) is 5.26 Å². The van der Waals surface area contributed by atoms with Gasteiger partial charge in [-0.25, -0.2) is 9.97 Å². The van der Waals surface area contributed by atoms with Gasteiger partial charge in [0, 0.05) is 41.1 Å². The largest absolute Gasteiger partial charge is 0.339 e. The van der Waals surface area contributed by atoms with Gasteiger partial charge in [0.15, 0.2) is 0 Å². The fraction of sp³-hybridized carbons (Fsp3) is 0.500. The second kappa shape index (κ2) is 4.58. The molecule has 0 radical (unpaired) electrons. The SMILES string of the molecule is Cc1cc(C#N)nc(N2CCS(=O)CC2)n1. The zero-order valence-electron chi connectivity index (χ0n) is 9.01. The molecule has 1 aromatic rings. The molecular weight excluding hydrogens is 224 g/mol. The first-order chi connectivity index (χ1) is 7.69. The maximum Gasteiger partial charge on any atom is 0.226 e. The first-order valence-electron chi connectivity index (χ1n) is 5.05. The first-order valence-corrected chi connectivity index (χ1v) is 6.53. The van der Waals surface area contributed by atoms with Crippen LogP contribution in [0.2, 0.25) is 0 Å². The van der Waals surface area contributed by atoms with Crippen LogP contribution >= 0.6 is 0 Å². The Bertz CT molecular complexity index is 458. The molecule has 5 nitrogen and oxygen atoms in total. The zero-order valence-corrected chi connectivity index (χ0v) is 9.83. The van der Waals surface area contributed by atoms with Gasteiger partial charge in [-0.3, -0.25) is 4.21 Å². The Morgan fingerprint density at radius 1 is 1.44 bits per heavy atom. The number of hydrogen-bond acceptors (Lipinski definition) is 5. The van der Waals surface area contributed by atoms with Crippen molar-refractivity contribution < 1.29 is 4.21 Å². The van der Waals surface area contributed by atoms with Crippen molar-refractivity contribution >= 4 is 16.7 Å². The maximum absolute atomic E-state index is 11.2. The highest BCUT2D eigenvalue weighted by Crippen LogP contribution is 2.12. The summed E-state index contributed by atoms with van der Waals surface area (Å²) in [6.07, 6.45) is 0. The van der Waals surface area contributed by atoms with Crippen LogP contribution in [-0.2, 0) is 10.8 Å². The average molecular weight is 236 g/mol. The van der Waals surface area contributed by atoms with Crippen LogP contribution in [-0.4, -0.2) is 38.8 Å². The molecular formula is C10H12N4OS. The smallest absolute Gasteiger partial charge is 0.226 e. The number of nitriles is 1. The van der Waals surface area contributed by atoms with Gasteiger partial charge >= 0.3 is 0 Å². The van der Waals surface area contributed by atoms with Gasteiger partial charge < -0.3 is 4.90 Å². The second-order valence-corrected chi connectivity index (χ2v) is 5.34. The van der Waals surface area contributed by atoms with Gasteiger partial charge in [-0.2, -0.15) is 5.26 Å². The zero-order chi connectivity index (χ0) is 11.5. The van der Waals surface area contributed by atoms with Crippen LogP contribution in [0, 0.1) is 18.3 Å². The highest BCUT2D eigenvalue weighted by molar-refractivity contribution is 7.85. The third-order valence-corrected chi connectivity index (χ3v) is 3.69. The monoisotopic (exact) mass is 236 g/mol. The second-order valence-electron chi connectivity index (χ2n) is 3.64. The number of anilines is 1.